The molecule has 2 rings (SSSR count). The van der Waals surface area contributed by atoms with Gasteiger partial charge >= 0.3 is 6.18 Å². The van der Waals surface area contributed by atoms with Crippen molar-refractivity contribution in [1.82, 2.24) is 10.5 Å². The van der Waals surface area contributed by atoms with E-state index < -0.39 is 33.8 Å². The Balaban J connectivity index is 2.26. The van der Waals surface area contributed by atoms with E-state index in [0.717, 1.165) is 6.07 Å². The minimum Gasteiger partial charge on any atom is -0.360 e. The largest absolute Gasteiger partial charge is 0.416 e. The van der Waals surface area contributed by atoms with Gasteiger partial charge in [0.2, 0.25) is 0 Å². The number of nitrogens with one attached hydrogen (secondary N) is 1. The van der Waals surface area contributed by atoms with Crippen LogP contribution in [0, 0.1) is 10.1 Å². The van der Waals surface area contributed by atoms with E-state index in [2.05, 4.69) is 10.5 Å². The number of hydrogen-bond donors (Lipinski definition) is 1. The normalized spacial score (nSPS) is 11.2. The maximum atomic E-state index is 12.7. The van der Waals surface area contributed by atoms with Crippen LogP contribution in [0.25, 0.3) is 0 Å². The average Bonchev–Trinajstić information content (AvgIpc) is 2.96. The van der Waals surface area contributed by atoms with E-state index in [4.69, 9.17) is 4.52 Å². The molecule has 22 heavy (non-hydrogen) atoms. The van der Waals surface area contributed by atoms with Gasteiger partial charge in [0.25, 0.3) is 11.6 Å². The summed E-state index contributed by atoms with van der Waals surface area (Å²) in [5.74, 6) is -0.611. The van der Waals surface area contributed by atoms with Crippen LogP contribution < -0.4 is 5.32 Å². The molecule has 0 fully saturated rings. The molecule has 1 heterocycles. The molecule has 0 aliphatic rings. The quantitative estimate of drug-likeness (QED) is 0.690. The minimum absolute atomic E-state index is 0.108. The fraction of sp³-hybridized carbons (Fsp3) is 0.167. The lowest BCUT2D eigenvalue weighted by atomic mass is 10.1. The monoisotopic (exact) mass is 315 g/mol. The van der Waals surface area contributed by atoms with Gasteiger partial charge in [-0.05, 0) is 6.07 Å². The van der Waals surface area contributed by atoms with Crippen molar-refractivity contribution < 1.29 is 27.4 Å². The number of alkyl halides is 3. The topological polar surface area (TPSA) is 98.3 Å². The molecule has 0 spiro atoms. The van der Waals surface area contributed by atoms with Gasteiger partial charge in [0.15, 0.2) is 5.76 Å². The van der Waals surface area contributed by atoms with Gasteiger partial charge in [0, 0.05) is 23.8 Å². The van der Waals surface area contributed by atoms with Crippen molar-refractivity contribution in [3.05, 3.63) is 57.5 Å². The molecular formula is C12H8F3N3O4. The molecule has 0 saturated carbocycles. The zero-order valence-electron chi connectivity index (χ0n) is 10.8. The number of amides is 1. The highest BCUT2D eigenvalue weighted by Crippen LogP contribution is 2.32. The number of rotatable bonds is 4. The molecule has 0 aliphatic heterocycles. The number of benzene rings is 1. The van der Waals surface area contributed by atoms with Crippen molar-refractivity contribution in [2.75, 3.05) is 0 Å². The third-order valence-electron chi connectivity index (χ3n) is 2.63. The third-order valence-corrected chi connectivity index (χ3v) is 2.63. The van der Waals surface area contributed by atoms with Gasteiger partial charge < -0.3 is 9.84 Å². The number of hydrogen-bond acceptors (Lipinski definition) is 5. The van der Waals surface area contributed by atoms with Gasteiger partial charge in [-0.15, -0.1) is 0 Å². The molecule has 0 atom stereocenters. The predicted octanol–water partition coefficient (Wildman–Crippen LogP) is 2.53. The van der Waals surface area contributed by atoms with Crippen LogP contribution in [0.3, 0.4) is 0 Å². The summed E-state index contributed by atoms with van der Waals surface area (Å²) < 4.78 is 42.8. The van der Waals surface area contributed by atoms with E-state index in [1.165, 1.54) is 12.3 Å². The Labute approximate surface area is 120 Å². The SMILES string of the molecule is O=C(NCc1ccno1)c1cc([N+](=O)[O-])cc(C(F)(F)F)c1. The van der Waals surface area contributed by atoms with Crippen LogP contribution in [0.15, 0.2) is 35.0 Å². The van der Waals surface area contributed by atoms with Crippen molar-refractivity contribution in [2.45, 2.75) is 12.7 Å². The minimum atomic E-state index is -4.80. The lowest BCUT2D eigenvalue weighted by Crippen LogP contribution is -2.23. The smallest absolute Gasteiger partial charge is 0.360 e. The average molecular weight is 315 g/mol. The Morgan fingerprint density at radius 2 is 2.09 bits per heavy atom. The second kappa shape index (κ2) is 5.84. The number of nitro groups is 1. The van der Waals surface area contributed by atoms with Crippen molar-refractivity contribution in [2.24, 2.45) is 0 Å². The molecule has 116 valence electrons. The Kier molecular flexibility index (Phi) is 4.11. The lowest BCUT2D eigenvalue weighted by Gasteiger charge is -2.09. The summed E-state index contributed by atoms with van der Waals surface area (Å²) in [7, 11) is 0. The first kappa shape index (κ1) is 15.5. The number of nitro benzene ring substituents is 1. The van der Waals surface area contributed by atoms with Crippen LogP contribution in [-0.2, 0) is 12.7 Å². The first-order valence-corrected chi connectivity index (χ1v) is 5.82. The number of halogens is 3. The molecule has 7 nitrogen and oxygen atoms in total. The number of carbonyl (C=O) groups is 1. The molecule has 0 unspecified atom stereocenters. The summed E-state index contributed by atoms with van der Waals surface area (Å²) >= 11 is 0. The Morgan fingerprint density at radius 3 is 2.64 bits per heavy atom. The second-order valence-electron chi connectivity index (χ2n) is 4.18. The van der Waals surface area contributed by atoms with Crippen molar-refractivity contribution in [3.8, 4) is 0 Å². The Morgan fingerprint density at radius 1 is 1.36 bits per heavy atom. The maximum absolute atomic E-state index is 12.7. The zero-order chi connectivity index (χ0) is 16.3. The first-order valence-electron chi connectivity index (χ1n) is 5.82. The Bertz CT molecular complexity index is 698. The molecule has 2 aromatic rings. The summed E-state index contributed by atoms with van der Waals surface area (Å²) in [5, 5.41) is 16.4. The Hall–Kier alpha value is -2.91. The maximum Gasteiger partial charge on any atom is 0.416 e. The van der Waals surface area contributed by atoms with Gasteiger partial charge in [-0.2, -0.15) is 13.2 Å². The molecule has 0 saturated heterocycles. The number of aromatic nitrogens is 1. The standard InChI is InChI=1S/C12H8F3N3O4/c13-12(14,15)8-3-7(4-9(5-8)18(20)21)11(19)16-6-10-1-2-17-22-10/h1-5H,6H2,(H,16,19). The van der Waals surface area contributed by atoms with Crippen molar-refractivity contribution in [1.29, 1.82) is 0 Å². The van der Waals surface area contributed by atoms with E-state index >= 15 is 0 Å². The lowest BCUT2D eigenvalue weighted by molar-refractivity contribution is -0.385. The molecule has 0 bridgehead atoms. The molecule has 1 aromatic heterocycles. The summed E-state index contributed by atoms with van der Waals surface area (Å²) in [5.41, 5.74) is -2.56. The van der Waals surface area contributed by atoms with E-state index in [1.54, 1.807) is 0 Å². The van der Waals surface area contributed by atoms with Crippen LogP contribution in [-0.4, -0.2) is 16.0 Å². The number of carbonyl (C=O) groups excluding carboxylic acids is 1. The van der Waals surface area contributed by atoms with Crippen LogP contribution in [0.4, 0.5) is 18.9 Å². The van der Waals surface area contributed by atoms with Crippen molar-refractivity contribution >= 4 is 11.6 Å². The van der Waals surface area contributed by atoms with Crippen molar-refractivity contribution in [3.63, 3.8) is 0 Å². The molecular weight excluding hydrogens is 307 g/mol. The van der Waals surface area contributed by atoms with Crippen LogP contribution in [0.2, 0.25) is 0 Å². The van der Waals surface area contributed by atoms with E-state index in [1.807, 2.05) is 0 Å². The molecule has 0 aliphatic carbocycles. The predicted molar refractivity (Wildman–Crippen MR) is 65.8 cm³/mol. The van der Waals surface area contributed by atoms with Gasteiger partial charge in [0.1, 0.15) is 0 Å². The summed E-state index contributed by atoms with van der Waals surface area (Å²) in [6.45, 7) is -0.108. The van der Waals surface area contributed by atoms with Gasteiger partial charge in [-0.3, -0.25) is 14.9 Å². The highest BCUT2D eigenvalue weighted by molar-refractivity contribution is 5.95. The first-order chi connectivity index (χ1) is 10.3. The van der Waals surface area contributed by atoms with E-state index in [0.29, 0.717) is 12.1 Å². The zero-order valence-corrected chi connectivity index (χ0v) is 10.8. The van der Waals surface area contributed by atoms with Crippen LogP contribution in [0.1, 0.15) is 21.7 Å². The molecule has 1 amide bonds. The molecule has 0 radical (unpaired) electrons. The van der Waals surface area contributed by atoms with Crippen LogP contribution >= 0.6 is 0 Å². The van der Waals surface area contributed by atoms with Gasteiger partial charge in [-0.25, -0.2) is 0 Å². The number of non-ortho nitro benzene ring substituents is 1. The van der Waals surface area contributed by atoms with E-state index in [9.17, 15) is 28.1 Å². The number of nitrogens with zero attached hydrogens (tertiary/aromatic N) is 2. The summed E-state index contributed by atoms with van der Waals surface area (Å²) in [4.78, 5) is 21.5. The highest BCUT2D eigenvalue weighted by Gasteiger charge is 2.33. The summed E-state index contributed by atoms with van der Waals surface area (Å²) in [6, 6.07) is 3.13. The fourth-order valence-corrected chi connectivity index (χ4v) is 1.61. The summed E-state index contributed by atoms with van der Waals surface area (Å²) in [6.07, 6.45) is -3.47. The van der Waals surface area contributed by atoms with Gasteiger partial charge in [0.05, 0.1) is 23.2 Å². The highest BCUT2D eigenvalue weighted by atomic mass is 19.4. The van der Waals surface area contributed by atoms with E-state index in [-0.39, 0.29) is 12.3 Å². The molecule has 1 aromatic carbocycles. The molecule has 10 heteroatoms. The third kappa shape index (κ3) is 3.59. The second-order valence-corrected chi connectivity index (χ2v) is 4.18. The molecule has 1 N–H and O–H groups in total. The van der Waals surface area contributed by atoms with Crippen LogP contribution in [0.5, 0.6) is 0 Å². The van der Waals surface area contributed by atoms with Gasteiger partial charge in [-0.1, -0.05) is 5.16 Å². The fourth-order valence-electron chi connectivity index (χ4n) is 1.61.